The van der Waals surface area contributed by atoms with Crippen LogP contribution in [-0.4, -0.2) is 36.5 Å². The third kappa shape index (κ3) is 3.53. The van der Waals surface area contributed by atoms with Crippen LogP contribution in [-0.2, 0) is 14.3 Å². The Morgan fingerprint density at radius 2 is 1.93 bits per heavy atom. The molecule has 0 aliphatic carbocycles. The minimum atomic E-state index is -0.702. The van der Waals surface area contributed by atoms with E-state index in [1.165, 1.54) is 0 Å². The Kier molecular flexibility index (Phi) is 4.59. The molecule has 1 rings (SSSR count). The Balaban J connectivity index is 2.36. The highest BCUT2D eigenvalue weighted by atomic mass is 16.5. The van der Waals surface area contributed by atoms with Crippen molar-refractivity contribution >= 4 is 11.9 Å². The summed E-state index contributed by atoms with van der Waals surface area (Å²) in [4.78, 5) is 24.4. The lowest BCUT2D eigenvalue weighted by atomic mass is 9.99. The van der Waals surface area contributed by atoms with Crippen molar-refractivity contribution < 1.29 is 14.3 Å². The Hall–Kier alpha value is -1.06. The maximum absolute atomic E-state index is 11.6. The maximum Gasteiger partial charge on any atom is 0.397 e. The van der Waals surface area contributed by atoms with Crippen LogP contribution < -0.4 is 0 Å². The molecule has 1 aliphatic rings. The predicted molar refractivity (Wildman–Crippen MR) is 56.2 cm³/mol. The quantitative estimate of drug-likeness (QED) is 0.511. The van der Waals surface area contributed by atoms with Crippen LogP contribution in [0.25, 0.3) is 0 Å². The van der Waals surface area contributed by atoms with Gasteiger partial charge in [-0.05, 0) is 25.2 Å². The number of rotatable bonds is 2. The average Bonchev–Trinajstić information content (AvgIpc) is 2.26. The zero-order valence-corrected chi connectivity index (χ0v) is 9.49. The molecule has 4 nitrogen and oxygen atoms in total. The van der Waals surface area contributed by atoms with Crippen molar-refractivity contribution in [3.8, 4) is 0 Å². The van der Waals surface area contributed by atoms with Crippen LogP contribution in [0.3, 0.4) is 0 Å². The summed E-state index contributed by atoms with van der Waals surface area (Å²) in [7, 11) is 0. The van der Waals surface area contributed by atoms with E-state index in [0.717, 1.165) is 19.3 Å². The van der Waals surface area contributed by atoms with Crippen LogP contribution in [0.4, 0.5) is 0 Å². The first-order chi connectivity index (χ1) is 7.15. The van der Waals surface area contributed by atoms with Crippen LogP contribution in [0, 0.1) is 5.92 Å². The van der Waals surface area contributed by atoms with Gasteiger partial charge in [0.05, 0.1) is 6.61 Å². The lowest BCUT2D eigenvalue weighted by Crippen LogP contribution is -2.42. The summed E-state index contributed by atoms with van der Waals surface area (Å²) in [5.74, 6) is -0.525. The van der Waals surface area contributed by atoms with E-state index in [-0.39, 0.29) is 0 Å². The highest BCUT2D eigenvalue weighted by molar-refractivity contribution is 6.32. The number of carbonyl (C=O) groups excluding carboxylic acids is 2. The fourth-order valence-electron chi connectivity index (χ4n) is 1.60. The number of nitrogens with zero attached hydrogens (tertiary/aromatic N) is 1. The number of amides is 1. The van der Waals surface area contributed by atoms with Gasteiger partial charge in [-0.1, -0.05) is 13.8 Å². The molecule has 1 heterocycles. The van der Waals surface area contributed by atoms with E-state index in [0.29, 0.717) is 25.6 Å². The second-order valence-electron chi connectivity index (χ2n) is 4.11. The number of hydrogen-bond donors (Lipinski definition) is 0. The monoisotopic (exact) mass is 213 g/mol. The molecule has 0 bridgehead atoms. The van der Waals surface area contributed by atoms with Gasteiger partial charge in [-0.15, -0.1) is 0 Å². The van der Waals surface area contributed by atoms with E-state index in [9.17, 15) is 9.59 Å². The molecule has 1 aliphatic heterocycles. The minimum absolute atomic E-state index is 0.328. The lowest BCUT2D eigenvalue weighted by molar-refractivity contribution is -0.160. The Morgan fingerprint density at radius 3 is 2.47 bits per heavy atom. The highest BCUT2D eigenvalue weighted by Crippen LogP contribution is 2.16. The van der Waals surface area contributed by atoms with Gasteiger partial charge >= 0.3 is 11.9 Å². The Bertz CT molecular complexity index is 232. The molecule has 0 unspecified atom stereocenters. The molecule has 1 fully saturated rings. The molecule has 15 heavy (non-hydrogen) atoms. The van der Waals surface area contributed by atoms with Crippen LogP contribution in [0.15, 0.2) is 0 Å². The molecule has 0 saturated carbocycles. The van der Waals surface area contributed by atoms with Crippen molar-refractivity contribution in [2.75, 3.05) is 19.7 Å². The zero-order chi connectivity index (χ0) is 11.3. The smallest absolute Gasteiger partial charge is 0.397 e. The van der Waals surface area contributed by atoms with Crippen molar-refractivity contribution in [2.24, 2.45) is 5.92 Å². The topological polar surface area (TPSA) is 46.6 Å². The molecule has 0 atom stereocenters. The van der Waals surface area contributed by atoms with Crippen molar-refractivity contribution in [1.29, 1.82) is 0 Å². The fraction of sp³-hybridized carbons (Fsp3) is 0.818. The Morgan fingerprint density at radius 1 is 1.33 bits per heavy atom. The molecule has 1 saturated heterocycles. The number of piperidine rings is 1. The molecule has 4 heteroatoms. The summed E-state index contributed by atoms with van der Waals surface area (Å²) in [6, 6.07) is 0. The van der Waals surface area contributed by atoms with Gasteiger partial charge in [-0.2, -0.15) is 0 Å². The first kappa shape index (κ1) is 12.0. The molecule has 0 radical (unpaired) electrons. The highest BCUT2D eigenvalue weighted by Gasteiger charge is 2.26. The van der Waals surface area contributed by atoms with E-state index in [1.54, 1.807) is 4.90 Å². The SMILES string of the molecule is CCCOC(=O)C(=O)N1CCC(C)CC1. The van der Waals surface area contributed by atoms with Gasteiger partial charge in [0.1, 0.15) is 0 Å². The normalized spacial score (nSPS) is 17.6. The van der Waals surface area contributed by atoms with Crippen LogP contribution in [0.1, 0.15) is 33.1 Å². The third-order valence-corrected chi connectivity index (χ3v) is 2.68. The molecule has 0 N–H and O–H groups in total. The van der Waals surface area contributed by atoms with Crippen LogP contribution in [0.2, 0.25) is 0 Å². The molecule has 0 aromatic carbocycles. The maximum atomic E-state index is 11.6. The number of carbonyl (C=O) groups is 2. The molecule has 0 spiro atoms. The number of esters is 1. The van der Waals surface area contributed by atoms with Crippen LogP contribution in [0.5, 0.6) is 0 Å². The van der Waals surface area contributed by atoms with Crippen molar-refractivity contribution in [1.82, 2.24) is 4.90 Å². The lowest BCUT2D eigenvalue weighted by Gasteiger charge is -2.29. The van der Waals surface area contributed by atoms with Crippen LogP contribution >= 0.6 is 0 Å². The summed E-state index contributed by atoms with van der Waals surface area (Å²) < 4.78 is 4.80. The Labute approximate surface area is 90.6 Å². The summed E-state index contributed by atoms with van der Waals surface area (Å²) in [5, 5.41) is 0. The largest absolute Gasteiger partial charge is 0.459 e. The van der Waals surface area contributed by atoms with E-state index in [1.807, 2.05) is 6.92 Å². The first-order valence-corrected chi connectivity index (χ1v) is 5.61. The summed E-state index contributed by atoms with van der Waals surface area (Å²) >= 11 is 0. The van der Waals surface area contributed by atoms with Gasteiger partial charge in [0.2, 0.25) is 0 Å². The first-order valence-electron chi connectivity index (χ1n) is 5.61. The van der Waals surface area contributed by atoms with Gasteiger partial charge in [-0.3, -0.25) is 4.79 Å². The van der Waals surface area contributed by atoms with Crippen molar-refractivity contribution in [2.45, 2.75) is 33.1 Å². The van der Waals surface area contributed by atoms with E-state index < -0.39 is 11.9 Å². The minimum Gasteiger partial charge on any atom is -0.459 e. The van der Waals surface area contributed by atoms with Gasteiger partial charge in [-0.25, -0.2) is 4.79 Å². The summed E-state index contributed by atoms with van der Waals surface area (Å²) in [6.45, 7) is 5.76. The van der Waals surface area contributed by atoms with E-state index in [4.69, 9.17) is 4.74 Å². The summed E-state index contributed by atoms with van der Waals surface area (Å²) in [6.07, 6.45) is 2.70. The zero-order valence-electron chi connectivity index (χ0n) is 9.49. The second-order valence-corrected chi connectivity index (χ2v) is 4.11. The van der Waals surface area contributed by atoms with Gasteiger partial charge in [0, 0.05) is 13.1 Å². The molecule has 0 aromatic rings. The number of ether oxygens (including phenoxy) is 1. The van der Waals surface area contributed by atoms with Gasteiger partial charge < -0.3 is 9.64 Å². The molecule has 1 amide bonds. The fourth-order valence-corrected chi connectivity index (χ4v) is 1.60. The summed E-state index contributed by atoms with van der Waals surface area (Å²) in [5.41, 5.74) is 0. The van der Waals surface area contributed by atoms with Gasteiger partial charge in [0.25, 0.3) is 0 Å². The molecular formula is C11H19NO3. The number of hydrogen-bond acceptors (Lipinski definition) is 3. The van der Waals surface area contributed by atoms with Gasteiger partial charge in [0.15, 0.2) is 0 Å². The molecular weight excluding hydrogens is 194 g/mol. The van der Waals surface area contributed by atoms with E-state index in [2.05, 4.69) is 6.92 Å². The standard InChI is InChI=1S/C11H19NO3/c1-3-8-15-11(14)10(13)12-6-4-9(2)5-7-12/h9H,3-8H2,1-2H3. The molecule has 0 aromatic heterocycles. The second kappa shape index (κ2) is 5.73. The average molecular weight is 213 g/mol. The number of likely N-dealkylation sites (tertiary alicyclic amines) is 1. The predicted octanol–water partition coefficient (Wildman–Crippen LogP) is 1.20. The van der Waals surface area contributed by atoms with Crippen molar-refractivity contribution in [3.63, 3.8) is 0 Å². The third-order valence-electron chi connectivity index (χ3n) is 2.68. The van der Waals surface area contributed by atoms with Crippen molar-refractivity contribution in [3.05, 3.63) is 0 Å². The molecule has 86 valence electrons. The van der Waals surface area contributed by atoms with E-state index >= 15 is 0 Å².